The molecule has 4 heterocycles. The van der Waals surface area contributed by atoms with Crippen LogP contribution in [-0.4, -0.2) is 55.4 Å². The summed E-state index contributed by atoms with van der Waals surface area (Å²) in [6.07, 6.45) is 8.99. The predicted molar refractivity (Wildman–Crippen MR) is 107 cm³/mol. The zero-order chi connectivity index (χ0) is 20.4. The molecule has 2 fully saturated rings. The number of carbonyl (C=O) groups excluding carboxylic acids is 1. The summed E-state index contributed by atoms with van der Waals surface area (Å²) in [6, 6.07) is 3.91. The summed E-state index contributed by atoms with van der Waals surface area (Å²) in [6.45, 7) is 0.284. The molecular weight excluding hydrogens is 394 g/mol. The van der Waals surface area contributed by atoms with Gasteiger partial charge in [-0.2, -0.15) is 4.40 Å². The number of aromatic nitrogens is 1. The standard InChI is InChI=1S/C20H25N3O5S/c1-29(25,26)22-17-5-3-11-23-18(17)12-27-15-8-6-14(7-9-15)16-4-2-10-21-20(16)28-13-19(23)24/h2,4,10,12,14-15H,3,5-9,11,13H2,1H3/b18-12-,22-17+. The number of ether oxygens (including phenoxy) is 2. The third-order valence-electron chi connectivity index (χ3n) is 5.58. The molecule has 1 saturated heterocycles. The van der Waals surface area contributed by atoms with Gasteiger partial charge in [0.1, 0.15) is 12.0 Å². The number of sulfonamides is 1. The van der Waals surface area contributed by atoms with Crippen molar-refractivity contribution in [1.82, 2.24) is 9.88 Å². The van der Waals surface area contributed by atoms with E-state index in [1.807, 2.05) is 12.1 Å². The highest BCUT2D eigenvalue weighted by atomic mass is 32.2. The summed E-state index contributed by atoms with van der Waals surface area (Å²) in [5, 5.41) is 0. The molecule has 0 atom stereocenters. The summed E-state index contributed by atoms with van der Waals surface area (Å²) >= 11 is 0. The van der Waals surface area contributed by atoms with E-state index >= 15 is 0 Å². The van der Waals surface area contributed by atoms with E-state index in [1.165, 1.54) is 11.2 Å². The third-order valence-corrected chi connectivity index (χ3v) is 6.13. The van der Waals surface area contributed by atoms with Crippen LogP contribution in [0.25, 0.3) is 0 Å². The van der Waals surface area contributed by atoms with Gasteiger partial charge in [-0.1, -0.05) is 6.07 Å². The van der Waals surface area contributed by atoms with Crippen LogP contribution in [0.1, 0.15) is 50.0 Å². The number of fused-ring (bicyclic) bond motifs is 5. The number of amides is 1. The Morgan fingerprint density at radius 2 is 2.03 bits per heavy atom. The molecule has 1 aromatic rings. The Kier molecular flexibility index (Phi) is 5.58. The Labute approximate surface area is 170 Å². The minimum Gasteiger partial charge on any atom is -0.496 e. The molecule has 1 aliphatic carbocycles. The van der Waals surface area contributed by atoms with Gasteiger partial charge < -0.3 is 14.4 Å². The lowest BCUT2D eigenvalue weighted by molar-refractivity contribution is -0.131. The first-order chi connectivity index (χ1) is 13.9. The fourth-order valence-electron chi connectivity index (χ4n) is 4.21. The van der Waals surface area contributed by atoms with Crippen molar-refractivity contribution < 1.29 is 22.7 Å². The Morgan fingerprint density at radius 3 is 2.79 bits per heavy atom. The van der Waals surface area contributed by atoms with Gasteiger partial charge in [-0.05, 0) is 50.5 Å². The lowest BCUT2D eigenvalue weighted by Gasteiger charge is -2.31. The molecule has 8 nitrogen and oxygen atoms in total. The van der Waals surface area contributed by atoms with E-state index in [0.717, 1.165) is 37.5 Å². The van der Waals surface area contributed by atoms with Gasteiger partial charge in [0.15, 0.2) is 6.61 Å². The largest absolute Gasteiger partial charge is 0.496 e. The van der Waals surface area contributed by atoms with Gasteiger partial charge in [-0.15, -0.1) is 0 Å². The van der Waals surface area contributed by atoms with Crippen LogP contribution >= 0.6 is 0 Å². The van der Waals surface area contributed by atoms with Crippen LogP contribution in [0.3, 0.4) is 0 Å². The van der Waals surface area contributed by atoms with Crippen molar-refractivity contribution in [2.45, 2.75) is 50.5 Å². The number of rotatable bonds is 1. The second-order valence-corrected chi connectivity index (χ2v) is 9.37. The number of allylic oxidation sites excluding steroid dienone is 1. The summed E-state index contributed by atoms with van der Waals surface area (Å²) in [7, 11) is -3.59. The van der Waals surface area contributed by atoms with Crippen LogP contribution in [0.15, 0.2) is 34.7 Å². The second kappa shape index (κ2) is 8.14. The molecule has 3 aliphatic heterocycles. The van der Waals surface area contributed by atoms with E-state index < -0.39 is 10.0 Å². The molecule has 0 unspecified atom stereocenters. The maximum absolute atomic E-state index is 12.9. The van der Waals surface area contributed by atoms with E-state index in [0.29, 0.717) is 42.6 Å². The molecule has 4 aliphatic rings. The number of nitrogens with zero attached hydrogens (tertiary/aromatic N) is 3. The fraction of sp³-hybridized carbons (Fsp3) is 0.550. The first-order valence-electron chi connectivity index (χ1n) is 9.93. The summed E-state index contributed by atoms with van der Waals surface area (Å²) in [5.41, 5.74) is 1.80. The molecule has 1 aromatic heterocycles. The Bertz CT molecular complexity index is 949. The van der Waals surface area contributed by atoms with E-state index in [1.54, 1.807) is 6.20 Å². The number of pyridine rings is 1. The maximum Gasteiger partial charge on any atom is 0.265 e. The number of carbonyl (C=O) groups is 1. The molecule has 0 radical (unpaired) electrons. The van der Waals surface area contributed by atoms with Crippen LogP contribution in [0.4, 0.5) is 0 Å². The van der Waals surface area contributed by atoms with Crippen molar-refractivity contribution in [3.63, 3.8) is 0 Å². The fourth-order valence-corrected chi connectivity index (χ4v) is 4.79. The van der Waals surface area contributed by atoms with Crippen molar-refractivity contribution in [3.8, 4) is 5.88 Å². The Hall–Kier alpha value is -2.42. The van der Waals surface area contributed by atoms with Crippen LogP contribution in [0, 0.1) is 0 Å². The first kappa shape index (κ1) is 19.9. The minimum atomic E-state index is -3.59. The highest BCUT2D eigenvalue weighted by Crippen LogP contribution is 2.38. The van der Waals surface area contributed by atoms with Crippen LogP contribution in [-0.2, 0) is 19.6 Å². The van der Waals surface area contributed by atoms with Crippen molar-refractivity contribution in [2.75, 3.05) is 19.4 Å². The number of hydrogen-bond donors (Lipinski definition) is 0. The molecule has 1 saturated carbocycles. The molecule has 2 bridgehead atoms. The van der Waals surface area contributed by atoms with Gasteiger partial charge in [-0.3, -0.25) is 4.79 Å². The average Bonchev–Trinajstić information content (AvgIpc) is 2.71. The van der Waals surface area contributed by atoms with Crippen molar-refractivity contribution >= 4 is 21.6 Å². The quantitative estimate of drug-likeness (QED) is 0.693. The molecule has 0 aromatic carbocycles. The van der Waals surface area contributed by atoms with Gasteiger partial charge in [0.05, 0.1) is 18.1 Å². The molecule has 0 spiro atoms. The number of piperidine rings is 1. The molecular formula is C20H25N3O5S. The molecule has 0 N–H and O–H groups in total. The van der Waals surface area contributed by atoms with Crippen LogP contribution in [0.5, 0.6) is 5.88 Å². The van der Waals surface area contributed by atoms with Gasteiger partial charge in [0.2, 0.25) is 5.88 Å². The second-order valence-electron chi connectivity index (χ2n) is 7.72. The van der Waals surface area contributed by atoms with E-state index in [-0.39, 0.29) is 18.6 Å². The van der Waals surface area contributed by atoms with Gasteiger partial charge >= 0.3 is 0 Å². The molecule has 5 rings (SSSR count). The van der Waals surface area contributed by atoms with E-state index in [2.05, 4.69) is 9.38 Å². The smallest absolute Gasteiger partial charge is 0.265 e. The van der Waals surface area contributed by atoms with Gasteiger partial charge in [0.25, 0.3) is 15.9 Å². The monoisotopic (exact) mass is 419 g/mol. The summed E-state index contributed by atoms with van der Waals surface area (Å²) in [5.74, 6) is 0.549. The summed E-state index contributed by atoms with van der Waals surface area (Å²) in [4.78, 5) is 18.8. The predicted octanol–water partition coefficient (Wildman–Crippen LogP) is 2.38. The maximum atomic E-state index is 12.9. The molecule has 156 valence electrons. The summed E-state index contributed by atoms with van der Waals surface area (Å²) < 4.78 is 39.2. The lowest BCUT2D eigenvalue weighted by Crippen LogP contribution is -2.41. The highest BCUT2D eigenvalue weighted by Gasteiger charge is 2.31. The Balaban J connectivity index is 1.70. The average molecular weight is 420 g/mol. The normalized spacial score (nSPS) is 28.6. The SMILES string of the molecule is CS(=O)(=O)/N=C1CCCN2C(=O)COc3ncccc3C3CCC(CC3)O\C=C\12. The Morgan fingerprint density at radius 1 is 1.24 bits per heavy atom. The minimum absolute atomic E-state index is 0.0268. The van der Waals surface area contributed by atoms with E-state index in [4.69, 9.17) is 9.47 Å². The first-order valence-corrected chi connectivity index (χ1v) is 11.8. The molecule has 1 amide bonds. The topological polar surface area (TPSA) is 98.2 Å². The van der Waals surface area contributed by atoms with Crippen molar-refractivity contribution in [1.29, 1.82) is 0 Å². The highest BCUT2D eigenvalue weighted by molar-refractivity contribution is 7.89. The molecule has 29 heavy (non-hydrogen) atoms. The lowest BCUT2D eigenvalue weighted by atomic mass is 9.83. The number of hydrogen-bond acceptors (Lipinski definition) is 6. The third kappa shape index (κ3) is 4.60. The van der Waals surface area contributed by atoms with Crippen molar-refractivity contribution in [3.05, 3.63) is 35.9 Å². The van der Waals surface area contributed by atoms with Gasteiger partial charge in [-0.25, -0.2) is 13.4 Å². The van der Waals surface area contributed by atoms with E-state index in [9.17, 15) is 13.2 Å². The van der Waals surface area contributed by atoms with Crippen LogP contribution < -0.4 is 4.74 Å². The molecule has 9 heteroatoms. The zero-order valence-electron chi connectivity index (χ0n) is 16.4. The zero-order valence-corrected chi connectivity index (χ0v) is 17.2. The van der Waals surface area contributed by atoms with Gasteiger partial charge in [0, 0.05) is 18.3 Å². The van der Waals surface area contributed by atoms with Crippen molar-refractivity contribution in [2.24, 2.45) is 4.40 Å². The van der Waals surface area contributed by atoms with Crippen LogP contribution in [0.2, 0.25) is 0 Å².